The molecule has 0 aliphatic carbocycles. The number of halogens is 3. The summed E-state index contributed by atoms with van der Waals surface area (Å²) in [5.41, 5.74) is 1.54. The van der Waals surface area contributed by atoms with Crippen molar-refractivity contribution in [2.75, 3.05) is 16.8 Å². The topological polar surface area (TPSA) is 41.1 Å². The summed E-state index contributed by atoms with van der Waals surface area (Å²) >= 11 is 0. The van der Waals surface area contributed by atoms with E-state index in [1.54, 1.807) is 19.1 Å². The number of hydrogen-bond donors (Lipinski definition) is 1. The van der Waals surface area contributed by atoms with Crippen LogP contribution in [0.2, 0.25) is 0 Å². The van der Waals surface area contributed by atoms with Gasteiger partial charge < -0.3 is 10.2 Å². The van der Waals surface area contributed by atoms with Crippen LogP contribution in [0.15, 0.2) is 54.6 Å². The molecule has 4 nitrogen and oxygen atoms in total. The number of aryl methyl sites for hydroxylation is 1. The van der Waals surface area contributed by atoms with Gasteiger partial charge in [-0.15, -0.1) is 0 Å². The first-order valence-electron chi connectivity index (χ1n) is 8.56. The fourth-order valence-corrected chi connectivity index (χ4v) is 3.31. The normalized spacial score (nSPS) is 13.6. The largest absolute Gasteiger partial charge is 0.418 e. The third-order valence-electron chi connectivity index (χ3n) is 4.48. The minimum Gasteiger partial charge on any atom is -0.340 e. The van der Waals surface area contributed by atoms with Crippen LogP contribution in [0.3, 0.4) is 0 Å². The van der Waals surface area contributed by atoms with Crippen LogP contribution in [0.25, 0.3) is 0 Å². The lowest BCUT2D eigenvalue weighted by atomic mass is 10.1. The number of rotatable bonds is 3. The number of para-hydroxylation sites is 2. The van der Waals surface area contributed by atoms with Crippen LogP contribution in [0.5, 0.6) is 0 Å². The van der Waals surface area contributed by atoms with Gasteiger partial charge >= 0.3 is 6.18 Å². The molecule has 1 aliphatic rings. The minimum atomic E-state index is -4.44. The number of nitrogens with one attached hydrogen (secondary N) is 1. The summed E-state index contributed by atoms with van der Waals surface area (Å²) in [6.45, 7) is 2.50. The molecule has 2 aromatic carbocycles. The maximum atomic E-state index is 13.2. The monoisotopic (exact) mass is 370 g/mol. The van der Waals surface area contributed by atoms with Crippen molar-refractivity contribution in [1.29, 1.82) is 0 Å². The Hall–Kier alpha value is -3.09. The second-order valence-corrected chi connectivity index (χ2v) is 6.36. The number of hydrogen-bond acceptors (Lipinski definition) is 4. The zero-order valence-electron chi connectivity index (χ0n) is 14.6. The van der Waals surface area contributed by atoms with Gasteiger partial charge in [0.2, 0.25) is 0 Å². The molecule has 0 amide bonds. The fraction of sp³-hybridized carbons (Fsp3) is 0.200. The van der Waals surface area contributed by atoms with E-state index in [4.69, 9.17) is 0 Å². The van der Waals surface area contributed by atoms with Gasteiger partial charge in [-0.2, -0.15) is 13.2 Å². The summed E-state index contributed by atoms with van der Waals surface area (Å²) in [6.07, 6.45) is -3.54. The molecule has 2 heterocycles. The summed E-state index contributed by atoms with van der Waals surface area (Å²) in [5, 5.41) is 2.81. The summed E-state index contributed by atoms with van der Waals surface area (Å²) in [5.74, 6) is 1.49. The molecule has 1 N–H and O–H groups in total. The zero-order valence-corrected chi connectivity index (χ0v) is 14.6. The molecule has 0 fully saturated rings. The zero-order chi connectivity index (χ0) is 19.0. The van der Waals surface area contributed by atoms with Gasteiger partial charge in [-0.3, -0.25) is 0 Å². The van der Waals surface area contributed by atoms with Crippen LogP contribution in [0, 0.1) is 6.92 Å². The smallest absolute Gasteiger partial charge is 0.340 e. The highest BCUT2D eigenvalue weighted by Gasteiger charge is 2.33. The number of fused-ring (bicyclic) bond motifs is 1. The van der Waals surface area contributed by atoms with Crippen LogP contribution in [-0.2, 0) is 12.6 Å². The summed E-state index contributed by atoms with van der Waals surface area (Å²) in [4.78, 5) is 10.8. The highest BCUT2D eigenvalue weighted by Crippen LogP contribution is 2.37. The Balaban J connectivity index is 1.69. The number of benzene rings is 2. The SMILES string of the molecule is Cc1nc(Nc2ccccc2C(F)(F)F)cc(N2CCc3ccccc32)n1. The van der Waals surface area contributed by atoms with Crippen molar-refractivity contribution in [3.63, 3.8) is 0 Å². The molecular formula is C20H17F3N4. The van der Waals surface area contributed by atoms with Gasteiger partial charge in [-0.25, -0.2) is 9.97 Å². The number of anilines is 4. The molecule has 7 heteroatoms. The molecule has 0 spiro atoms. The molecule has 0 radical (unpaired) electrons. The second-order valence-electron chi connectivity index (χ2n) is 6.36. The van der Waals surface area contributed by atoms with E-state index < -0.39 is 11.7 Å². The van der Waals surface area contributed by atoms with Crippen LogP contribution in [0.4, 0.5) is 36.2 Å². The molecule has 27 heavy (non-hydrogen) atoms. The average Bonchev–Trinajstić information content (AvgIpc) is 3.05. The molecule has 3 aromatic rings. The van der Waals surface area contributed by atoms with Crippen molar-refractivity contribution in [3.8, 4) is 0 Å². The molecule has 0 saturated carbocycles. The van der Waals surface area contributed by atoms with Gasteiger partial charge in [-0.1, -0.05) is 30.3 Å². The van der Waals surface area contributed by atoms with E-state index >= 15 is 0 Å². The van der Waals surface area contributed by atoms with Gasteiger partial charge in [0.25, 0.3) is 0 Å². The summed E-state index contributed by atoms with van der Waals surface area (Å²) in [6, 6.07) is 15.1. The van der Waals surface area contributed by atoms with E-state index in [0.29, 0.717) is 17.5 Å². The first-order chi connectivity index (χ1) is 12.9. The van der Waals surface area contributed by atoms with Crippen LogP contribution in [0.1, 0.15) is 17.0 Å². The quantitative estimate of drug-likeness (QED) is 0.684. The second kappa shape index (κ2) is 6.57. The van der Waals surface area contributed by atoms with Crippen molar-refractivity contribution in [3.05, 3.63) is 71.5 Å². The minimum absolute atomic E-state index is 0.0316. The van der Waals surface area contributed by atoms with Crippen LogP contribution >= 0.6 is 0 Å². The maximum Gasteiger partial charge on any atom is 0.418 e. The molecule has 0 bridgehead atoms. The molecule has 1 aliphatic heterocycles. The van der Waals surface area contributed by atoms with E-state index in [1.807, 2.05) is 18.2 Å². The molecule has 4 rings (SSSR count). The van der Waals surface area contributed by atoms with Crippen LogP contribution in [-0.4, -0.2) is 16.5 Å². The van der Waals surface area contributed by atoms with Gasteiger partial charge in [0, 0.05) is 18.3 Å². The summed E-state index contributed by atoms with van der Waals surface area (Å²) < 4.78 is 39.7. The predicted octanol–water partition coefficient (Wildman–Crippen LogP) is 5.24. The van der Waals surface area contributed by atoms with E-state index in [1.165, 1.54) is 17.7 Å². The Kier molecular flexibility index (Phi) is 4.22. The Morgan fingerprint density at radius 2 is 1.74 bits per heavy atom. The lowest BCUT2D eigenvalue weighted by Gasteiger charge is -2.20. The van der Waals surface area contributed by atoms with Gasteiger partial charge in [-0.05, 0) is 37.1 Å². The Labute approximate surface area is 154 Å². The molecular weight excluding hydrogens is 353 g/mol. The average molecular weight is 370 g/mol. The Morgan fingerprint density at radius 1 is 1.00 bits per heavy atom. The molecule has 0 atom stereocenters. The van der Waals surface area contributed by atoms with Crippen LogP contribution < -0.4 is 10.2 Å². The Bertz CT molecular complexity index is 985. The number of aromatic nitrogens is 2. The first kappa shape index (κ1) is 17.3. The molecule has 0 saturated heterocycles. The predicted molar refractivity (Wildman–Crippen MR) is 98.6 cm³/mol. The number of nitrogens with zero attached hydrogens (tertiary/aromatic N) is 3. The molecule has 138 valence electrons. The van der Waals surface area contributed by atoms with E-state index in [2.05, 4.69) is 26.3 Å². The molecule has 1 aromatic heterocycles. The molecule has 0 unspecified atom stereocenters. The third-order valence-corrected chi connectivity index (χ3v) is 4.48. The van der Waals surface area contributed by atoms with Crippen molar-refractivity contribution < 1.29 is 13.2 Å². The third kappa shape index (κ3) is 3.45. The number of alkyl halides is 3. The van der Waals surface area contributed by atoms with Crippen molar-refractivity contribution in [2.45, 2.75) is 19.5 Å². The van der Waals surface area contributed by atoms with Gasteiger partial charge in [0.15, 0.2) is 0 Å². The fourth-order valence-electron chi connectivity index (χ4n) is 3.31. The highest BCUT2D eigenvalue weighted by molar-refractivity contribution is 5.70. The lowest BCUT2D eigenvalue weighted by molar-refractivity contribution is -0.136. The van der Waals surface area contributed by atoms with E-state index in [9.17, 15) is 13.2 Å². The van der Waals surface area contributed by atoms with E-state index in [0.717, 1.165) is 24.7 Å². The van der Waals surface area contributed by atoms with Crippen molar-refractivity contribution in [2.24, 2.45) is 0 Å². The summed E-state index contributed by atoms with van der Waals surface area (Å²) in [7, 11) is 0. The lowest BCUT2D eigenvalue weighted by Crippen LogP contribution is -2.16. The maximum absolute atomic E-state index is 13.2. The van der Waals surface area contributed by atoms with Crippen molar-refractivity contribution in [1.82, 2.24) is 9.97 Å². The van der Waals surface area contributed by atoms with Crippen molar-refractivity contribution >= 4 is 23.0 Å². The first-order valence-corrected chi connectivity index (χ1v) is 8.56. The van der Waals surface area contributed by atoms with Gasteiger partial charge in [0.1, 0.15) is 17.5 Å². The Morgan fingerprint density at radius 3 is 2.56 bits per heavy atom. The van der Waals surface area contributed by atoms with Gasteiger partial charge in [0.05, 0.1) is 11.3 Å². The highest BCUT2D eigenvalue weighted by atomic mass is 19.4. The standard InChI is InChI=1S/C20H17F3N4/c1-13-24-18(26-16-8-4-3-7-15(16)20(21,22)23)12-19(25-13)27-11-10-14-6-2-5-9-17(14)27/h2-9,12H,10-11H2,1H3,(H,24,25,26). The van der Waals surface area contributed by atoms with E-state index in [-0.39, 0.29) is 5.69 Å².